The molecule has 1 aliphatic rings. The van der Waals surface area contributed by atoms with Crippen LogP contribution in [-0.2, 0) is 10.3 Å². The third-order valence-electron chi connectivity index (χ3n) is 4.38. The molecule has 0 bridgehead atoms. The van der Waals surface area contributed by atoms with Crippen molar-refractivity contribution in [3.05, 3.63) is 35.9 Å². The quantitative estimate of drug-likeness (QED) is 0.699. The van der Waals surface area contributed by atoms with Gasteiger partial charge in [-0.3, -0.25) is 4.79 Å². The van der Waals surface area contributed by atoms with Crippen LogP contribution in [0.3, 0.4) is 0 Å². The summed E-state index contributed by atoms with van der Waals surface area (Å²) in [6.45, 7) is 7.94. The van der Waals surface area contributed by atoms with Gasteiger partial charge < -0.3 is 20.9 Å². The Morgan fingerprint density at radius 3 is 2.24 bits per heavy atom. The fraction of sp³-hybridized carbons (Fsp3) is 0.588. The molecule has 0 aliphatic carbocycles. The average molecular weight is 414 g/mol. The fourth-order valence-electron chi connectivity index (χ4n) is 2.68. The first-order chi connectivity index (χ1) is 10.5. The third-order valence-corrected chi connectivity index (χ3v) is 4.38. The smallest absolute Gasteiger partial charge is 0.244 e. The lowest BCUT2D eigenvalue weighted by Crippen LogP contribution is -2.49. The molecule has 1 aromatic carbocycles. The number of piperazine rings is 1. The molecule has 8 heteroatoms. The van der Waals surface area contributed by atoms with Crippen molar-refractivity contribution in [1.29, 1.82) is 0 Å². The highest BCUT2D eigenvalue weighted by Gasteiger charge is 2.29. The molecular formula is C17H31Cl3N4O. The number of carbonyl (C=O) groups excluding carboxylic acids is 1. The summed E-state index contributed by atoms with van der Waals surface area (Å²) in [6, 6.07) is 9.52. The minimum absolute atomic E-state index is 0. The van der Waals surface area contributed by atoms with E-state index in [9.17, 15) is 4.79 Å². The van der Waals surface area contributed by atoms with Gasteiger partial charge in [-0.05, 0) is 32.5 Å². The van der Waals surface area contributed by atoms with Crippen molar-refractivity contribution in [3.8, 4) is 0 Å². The number of rotatable bonds is 6. The van der Waals surface area contributed by atoms with Gasteiger partial charge in [-0.25, -0.2) is 0 Å². The summed E-state index contributed by atoms with van der Waals surface area (Å²) in [5, 5.41) is 2.97. The predicted molar refractivity (Wildman–Crippen MR) is 111 cm³/mol. The highest BCUT2D eigenvalue weighted by Crippen LogP contribution is 2.17. The van der Waals surface area contributed by atoms with Gasteiger partial charge in [0, 0.05) is 32.7 Å². The SMILES string of the molecule is CN1CCN(CCCNC(=O)C(C)(N)c2ccccc2)CC1.Cl.Cl.Cl. The van der Waals surface area contributed by atoms with Crippen LogP contribution in [0.4, 0.5) is 0 Å². The fourth-order valence-corrected chi connectivity index (χ4v) is 2.68. The van der Waals surface area contributed by atoms with Crippen molar-refractivity contribution < 1.29 is 4.79 Å². The summed E-state index contributed by atoms with van der Waals surface area (Å²) >= 11 is 0. The molecule has 2 rings (SSSR count). The lowest BCUT2D eigenvalue weighted by atomic mass is 9.92. The van der Waals surface area contributed by atoms with E-state index in [1.807, 2.05) is 30.3 Å². The normalized spacial score (nSPS) is 17.2. The summed E-state index contributed by atoms with van der Waals surface area (Å²) in [6.07, 6.45) is 0.959. The van der Waals surface area contributed by atoms with Crippen LogP contribution in [0.15, 0.2) is 30.3 Å². The third kappa shape index (κ3) is 8.11. The Labute approximate surface area is 169 Å². The van der Waals surface area contributed by atoms with E-state index in [-0.39, 0.29) is 43.1 Å². The van der Waals surface area contributed by atoms with Crippen molar-refractivity contribution in [3.63, 3.8) is 0 Å². The number of hydrogen-bond donors (Lipinski definition) is 2. The number of nitrogens with zero attached hydrogens (tertiary/aromatic N) is 2. The van der Waals surface area contributed by atoms with Crippen LogP contribution < -0.4 is 11.1 Å². The second kappa shape index (κ2) is 12.7. The number of halogens is 3. The van der Waals surface area contributed by atoms with E-state index in [2.05, 4.69) is 22.2 Å². The van der Waals surface area contributed by atoms with Crippen molar-refractivity contribution >= 4 is 43.1 Å². The van der Waals surface area contributed by atoms with Gasteiger partial charge in [-0.2, -0.15) is 0 Å². The van der Waals surface area contributed by atoms with Crippen molar-refractivity contribution in [1.82, 2.24) is 15.1 Å². The Balaban J connectivity index is 0. The van der Waals surface area contributed by atoms with Crippen LogP contribution in [0.5, 0.6) is 0 Å². The number of nitrogens with two attached hydrogens (primary N) is 1. The van der Waals surface area contributed by atoms with Gasteiger partial charge in [0.05, 0.1) is 0 Å². The number of nitrogens with one attached hydrogen (secondary N) is 1. The highest BCUT2D eigenvalue weighted by molar-refractivity contribution is 5.87. The van der Waals surface area contributed by atoms with E-state index in [1.165, 1.54) is 0 Å². The van der Waals surface area contributed by atoms with Gasteiger partial charge >= 0.3 is 0 Å². The van der Waals surface area contributed by atoms with E-state index in [4.69, 9.17) is 5.73 Å². The number of amides is 1. The first kappa shape index (κ1) is 26.7. The zero-order valence-electron chi connectivity index (χ0n) is 14.9. The maximum absolute atomic E-state index is 12.3. The van der Waals surface area contributed by atoms with Crippen molar-refractivity contribution in [2.75, 3.05) is 46.3 Å². The molecule has 1 saturated heterocycles. The lowest BCUT2D eigenvalue weighted by Gasteiger charge is -2.32. The maximum Gasteiger partial charge on any atom is 0.244 e. The molecule has 1 aliphatic heterocycles. The Hall–Kier alpha value is -0.560. The van der Waals surface area contributed by atoms with Gasteiger partial charge in [0.25, 0.3) is 0 Å². The van der Waals surface area contributed by atoms with Gasteiger partial charge in [0.1, 0.15) is 5.54 Å². The Morgan fingerprint density at radius 1 is 1.12 bits per heavy atom. The van der Waals surface area contributed by atoms with Gasteiger partial charge in [-0.1, -0.05) is 30.3 Å². The predicted octanol–water partition coefficient (Wildman–Crippen LogP) is 1.88. The van der Waals surface area contributed by atoms with E-state index >= 15 is 0 Å². The van der Waals surface area contributed by atoms with Gasteiger partial charge in [0.2, 0.25) is 5.91 Å². The topological polar surface area (TPSA) is 61.6 Å². The summed E-state index contributed by atoms with van der Waals surface area (Å²) in [7, 11) is 2.16. The van der Waals surface area contributed by atoms with Crippen LogP contribution >= 0.6 is 37.2 Å². The minimum atomic E-state index is -0.977. The van der Waals surface area contributed by atoms with E-state index < -0.39 is 5.54 Å². The summed E-state index contributed by atoms with van der Waals surface area (Å²) < 4.78 is 0. The molecule has 25 heavy (non-hydrogen) atoms. The molecule has 1 aromatic rings. The van der Waals surface area contributed by atoms with Crippen molar-refractivity contribution in [2.45, 2.75) is 18.9 Å². The summed E-state index contributed by atoms with van der Waals surface area (Å²) in [5.41, 5.74) is 6.06. The van der Waals surface area contributed by atoms with Gasteiger partial charge in [0.15, 0.2) is 0 Å². The van der Waals surface area contributed by atoms with Crippen LogP contribution in [0.2, 0.25) is 0 Å². The molecule has 0 aromatic heterocycles. The van der Waals surface area contributed by atoms with Crippen LogP contribution in [0.1, 0.15) is 18.9 Å². The molecule has 0 spiro atoms. The van der Waals surface area contributed by atoms with E-state index in [0.717, 1.165) is 44.7 Å². The zero-order valence-corrected chi connectivity index (χ0v) is 17.4. The molecule has 3 N–H and O–H groups in total. The summed E-state index contributed by atoms with van der Waals surface area (Å²) in [4.78, 5) is 17.1. The number of carbonyl (C=O) groups is 1. The second-order valence-electron chi connectivity index (χ2n) is 6.32. The molecule has 0 saturated carbocycles. The zero-order chi connectivity index (χ0) is 16.0. The Bertz CT molecular complexity index is 480. The number of likely N-dealkylation sites (N-methyl/N-ethyl adjacent to an activating group) is 1. The lowest BCUT2D eigenvalue weighted by molar-refractivity contribution is -0.126. The molecule has 5 nitrogen and oxygen atoms in total. The van der Waals surface area contributed by atoms with Crippen molar-refractivity contribution in [2.24, 2.45) is 5.73 Å². The maximum atomic E-state index is 12.3. The largest absolute Gasteiger partial charge is 0.354 e. The van der Waals surface area contributed by atoms with Crippen LogP contribution in [0, 0.1) is 0 Å². The number of hydrogen-bond acceptors (Lipinski definition) is 4. The average Bonchev–Trinajstić information content (AvgIpc) is 2.54. The monoisotopic (exact) mass is 412 g/mol. The second-order valence-corrected chi connectivity index (χ2v) is 6.32. The van der Waals surface area contributed by atoms with Crippen LogP contribution in [-0.4, -0.2) is 62.0 Å². The molecule has 1 unspecified atom stereocenters. The van der Waals surface area contributed by atoms with E-state index in [0.29, 0.717) is 6.54 Å². The standard InChI is InChI=1S/C17H28N4O.3ClH/c1-17(18,15-7-4-3-5-8-15)16(22)19-9-6-10-21-13-11-20(2)12-14-21;;;/h3-5,7-8H,6,9-14,18H2,1-2H3,(H,19,22);3*1H. The molecule has 0 radical (unpaired) electrons. The summed E-state index contributed by atoms with van der Waals surface area (Å²) in [5.74, 6) is -0.114. The number of benzene rings is 1. The minimum Gasteiger partial charge on any atom is -0.354 e. The van der Waals surface area contributed by atoms with E-state index in [1.54, 1.807) is 6.92 Å². The highest BCUT2D eigenvalue weighted by atomic mass is 35.5. The first-order valence-electron chi connectivity index (χ1n) is 8.04. The Morgan fingerprint density at radius 2 is 1.68 bits per heavy atom. The van der Waals surface area contributed by atoms with Gasteiger partial charge in [-0.15, -0.1) is 37.2 Å². The molecule has 1 atom stereocenters. The first-order valence-corrected chi connectivity index (χ1v) is 8.04. The molecule has 1 heterocycles. The molecule has 1 amide bonds. The molecular weight excluding hydrogens is 383 g/mol. The molecule has 146 valence electrons. The Kier molecular flexibility index (Phi) is 13.6. The van der Waals surface area contributed by atoms with Crippen LogP contribution in [0.25, 0.3) is 0 Å². The molecule has 1 fully saturated rings.